The molecule has 0 amide bonds. The van der Waals surface area contributed by atoms with Crippen LogP contribution in [0, 0.1) is 0 Å². The van der Waals surface area contributed by atoms with Gasteiger partial charge in [0.25, 0.3) is 0 Å². The molecule has 84 valence electrons. The van der Waals surface area contributed by atoms with Crippen molar-refractivity contribution in [3.05, 3.63) is 0 Å². The largest absolute Gasteiger partial charge is 0.376 e. The van der Waals surface area contributed by atoms with Gasteiger partial charge in [-0.05, 0) is 13.8 Å². The van der Waals surface area contributed by atoms with Gasteiger partial charge in [0.15, 0.2) is 0 Å². The molecule has 0 aromatic heterocycles. The van der Waals surface area contributed by atoms with Crippen molar-refractivity contribution in [3.8, 4) is 0 Å². The number of ether oxygens (including phenoxy) is 4. The molecule has 15 heavy (non-hydrogen) atoms. The number of rotatable bonds is 4. The first-order chi connectivity index (χ1) is 7.09. The van der Waals surface area contributed by atoms with E-state index < -0.39 is 11.6 Å². The first-order valence-electron chi connectivity index (χ1n) is 5.28. The molecular weight excluding hydrogens is 195 g/mol. The molecule has 2 radical (unpaired) electrons. The molecule has 0 aromatic rings. The molecule has 2 heterocycles. The summed E-state index contributed by atoms with van der Waals surface area (Å²) in [6, 6.07) is -0.403. The van der Waals surface area contributed by atoms with Crippen molar-refractivity contribution < 1.29 is 18.9 Å². The summed E-state index contributed by atoms with van der Waals surface area (Å²) in [6.45, 7) is 4.94. The van der Waals surface area contributed by atoms with Crippen molar-refractivity contribution in [3.63, 3.8) is 0 Å². The van der Waals surface area contributed by atoms with E-state index in [1.165, 1.54) is 0 Å². The molecule has 2 saturated heterocycles. The summed E-state index contributed by atoms with van der Waals surface area (Å²) in [4.78, 5) is 0. The van der Waals surface area contributed by atoms with Gasteiger partial charge in [-0.3, -0.25) is 0 Å². The van der Waals surface area contributed by atoms with Gasteiger partial charge in [-0.25, -0.2) is 0 Å². The Morgan fingerprint density at radius 1 is 1.53 bits per heavy atom. The second-order valence-corrected chi connectivity index (χ2v) is 4.44. The molecule has 0 N–H and O–H groups in total. The minimum Gasteiger partial charge on any atom is -0.376 e. The fourth-order valence-corrected chi connectivity index (χ4v) is 2.23. The first kappa shape index (κ1) is 11.4. The van der Waals surface area contributed by atoms with E-state index in [1.807, 2.05) is 13.8 Å². The van der Waals surface area contributed by atoms with Gasteiger partial charge in [0, 0.05) is 13.1 Å². The number of hydrogen-bond acceptors (Lipinski definition) is 4. The van der Waals surface area contributed by atoms with Crippen LogP contribution in [-0.2, 0) is 18.9 Å². The molecule has 2 aliphatic heterocycles. The molecule has 2 rings (SSSR count). The van der Waals surface area contributed by atoms with Gasteiger partial charge < -0.3 is 18.9 Å². The monoisotopic (exact) mass is 212 g/mol. The number of hydrogen-bond donors (Lipinski definition) is 0. The third-order valence-electron chi connectivity index (χ3n) is 2.95. The molecule has 2 fully saturated rings. The molecule has 0 saturated carbocycles. The van der Waals surface area contributed by atoms with Gasteiger partial charge in [-0.1, -0.05) is 0 Å². The average molecular weight is 212 g/mol. The average Bonchev–Trinajstić information content (AvgIpc) is 2.66. The predicted molar refractivity (Wildman–Crippen MR) is 55.0 cm³/mol. The summed E-state index contributed by atoms with van der Waals surface area (Å²) >= 11 is 0. The minimum atomic E-state index is -0.511. The highest BCUT2D eigenvalue weighted by Crippen LogP contribution is 2.40. The van der Waals surface area contributed by atoms with Gasteiger partial charge in [-0.15, -0.1) is 0 Å². The van der Waals surface area contributed by atoms with Crippen molar-refractivity contribution in [1.82, 2.24) is 0 Å². The summed E-state index contributed by atoms with van der Waals surface area (Å²) in [5.74, 6) is 0. The van der Waals surface area contributed by atoms with Gasteiger partial charge in [0.05, 0.1) is 19.3 Å². The highest BCUT2D eigenvalue weighted by Gasteiger charge is 2.60. The van der Waals surface area contributed by atoms with Crippen molar-refractivity contribution in [2.75, 3.05) is 20.3 Å². The van der Waals surface area contributed by atoms with Crippen LogP contribution in [-0.4, -0.2) is 58.1 Å². The molecule has 0 spiro atoms. The van der Waals surface area contributed by atoms with E-state index in [-0.39, 0.29) is 18.3 Å². The van der Waals surface area contributed by atoms with Crippen LogP contribution in [0.3, 0.4) is 0 Å². The van der Waals surface area contributed by atoms with Crippen LogP contribution in [0.15, 0.2) is 0 Å². The quantitative estimate of drug-likeness (QED) is 0.619. The van der Waals surface area contributed by atoms with Crippen LogP contribution in [0.5, 0.6) is 0 Å². The molecule has 5 heteroatoms. The third-order valence-corrected chi connectivity index (χ3v) is 2.95. The number of fused-ring (bicyclic) bond motifs is 2. The van der Waals surface area contributed by atoms with E-state index in [0.29, 0.717) is 13.2 Å². The van der Waals surface area contributed by atoms with Gasteiger partial charge >= 0.3 is 0 Å². The standard InChI is InChI=1S/C10H17BO4/c1-6(2)13-4-10-5-14-7(8(10)12-3)9(11)15-10/h6-9H,4-5H2,1-3H3. The van der Waals surface area contributed by atoms with Crippen molar-refractivity contribution in [1.29, 1.82) is 0 Å². The van der Waals surface area contributed by atoms with Gasteiger partial charge in [-0.2, -0.15) is 0 Å². The zero-order valence-corrected chi connectivity index (χ0v) is 9.43. The maximum Gasteiger partial charge on any atom is 0.143 e. The Hall–Kier alpha value is -0.0951. The Kier molecular flexibility index (Phi) is 3.08. The maximum atomic E-state index is 5.79. The smallest absolute Gasteiger partial charge is 0.143 e. The minimum absolute atomic E-state index is 0.119. The first-order valence-corrected chi connectivity index (χ1v) is 5.28. The molecule has 0 aromatic carbocycles. The normalized spacial score (nSPS) is 44.1. The third kappa shape index (κ3) is 1.82. The Morgan fingerprint density at radius 2 is 2.27 bits per heavy atom. The summed E-state index contributed by atoms with van der Waals surface area (Å²) in [5.41, 5.74) is -0.511. The zero-order chi connectivity index (χ0) is 11.1. The fourth-order valence-electron chi connectivity index (χ4n) is 2.23. The van der Waals surface area contributed by atoms with Crippen molar-refractivity contribution in [2.45, 2.75) is 43.8 Å². The van der Waals surface area contributed by atoms with E-state index in [2.05, 4.69) is 0 Å². The van der Waals surface area contributed by atoms with Gasteiger partial charge in [0.2, 0.25) is 0 Å². The van der Waals surface area contributed by atoms with Gasteiger partial charge in [0.1, 0.15) is 25.7 Å². The molecule has 2 aliphatic rings. The van der Waals surface area contributed by atoms with Crippen molar-refractivity contribution >= 4 is 7.85 Å². The molecule has 4 unspecified atom stereocenters. The summed E-state index contributed by atoms with van der Waals surface area (Å²) in [7, 11) is 7.45. The molecule has 2 bridgehead atoms. The zero-order valence-electron chi connectivity index (χ0n) is 9.43. The summed E-state index contributed by atoms with van der Waals surface area (Å²) in [5, 5.41) is 0. The van der Waals surface area contributed by atoms with E-state index in [4.69, 9.17) is 26.8 Å². The fraction of sp³-hybridized carbons (Fsp3) is 1.00. The highest BCUT2D eigenvalue weighted by molar-refractivity contribution is 6.11. The van der Waals surface area contributed by atoms with Crippen LogP contribution >= 0.6 is 0 Å². The Morgan fingerprint density at radius 3 is 2.80 bits per heavy atom. The van der Waals surface area contributed by atoms with Crippen molar-refractivity contribution in [2.24, 2.45) is 0 Å². The molecular formula is C10H17BO4. The van der Waals surface area contributed by atoms with Crippen LogP contribution in [0.1, 0.15) is 13.8 Å². The van der Waals surface area contributed by atoms with E-state index in [0.717, 1.165) is 0 Å². The Labute approximate surface area is 91.6 Å². The lowest BCUT2D eigenvalue weighted by Gasteiger charge is -2.30. The van der Waals surface area contributed by atoms with Crippen LogP contribution in [0.2, 0.25) is 0 Å². The molecule has 4 nitrogen and oxygen atoms in total. The SMILES string of the molecule is [B]C1OC2(COC(C)C)COC1C2OC. The van der Waals surface area contributed by atoms with E-state index in [9.17, 15) is 0 Å². The van der Waals surface area contributed by atoms with Crippen LogP contribution in [0.4, 0.5) is 0 Å². The number of methoxy groups -OCH3 is 1. The Balaban J connectivity index is 2.05. The summed E-state index contributed by atoms with van der Waals surface area (Å²) < 4.78 is 22.2. The predicted octanol–water partition coefficient (Wildman–Crippen LogP) is 0.0888. The second-order valence-electron chi connectivity index (χ2n) is 4.44. The lowest BCUT2D eigenvalue weighted by molar-refractivity contribution is -0.155. The van der Waals surface area contributed by atoms with Crippen LogP contribution in [0.25, 0.3) is 0 Å². The highest BCUT2D eigenvalue weighted by atomic mass is 16.7. The topological polar surface area (TPSA) is 36.9 Å². The maximum absolute atomic E-state index is 5.79. The van der Waals surface area contributed by atoms with E-state index in [1.54, 1.807) is 7.11 Å². The summed E-state index contributed by atoms with van der Waals surface area (Å²) in [6.07, 6.45) is -0.117. The van der Waals surface area contributed by atoms with Crippen LogP contribution < -0.4 is 0 Å². The lowest BCUT2D eigenvalue weighted by Crippen LogP contribution is -2.46. The molecule has 4 atom stereocenters. The van der Waals surface area contributed by atoms with E-state index >= 15 is 0 Å². The molecule has 0 aliphatic carbocycles. The lowest BCUT2D eigenvalue weighted by atomic mass is 9.92. The second kappa shape index (κ2) is 4.05. The Bertz CT molecular complexity index is 235.